The third-order valence-electron chi connectivity index (χ3n) is 16.3. The van der Waals surface area contributed by atoms with E-state index in [9.17, 15) is 43.2 Å². The number of rotatable bonds is 68. The summed E-state index contributed by atoms with van der Waals surface area (Å²) < 4.78 is 68.3. The van der Waals surface area contributed by atoms with Gasteiger partial charge in [0.05, 0.1) is 26.4 Å². The zero-order valence-electron chi connectivity index (χ0n) is 58.8. The molecule has 0 bridgehead atoms. The van der Waals surface area contributed by atoms with Crippen LogP contribution < -0.4 is 0 Å². The summed E-state index contributed by atoms with van der Waals surface area (Å²) in [5.41, 5.74) is 0. The lowest BCUT2D eigenvalue weighted by Gasteiger charge is -2.21. The van der Waals surface area contributed by atoms with Gasteiger partial charge in [-0.25, -0.2) is 9.13 Å². The lowest BCUT2D eigenvalue weighted by atomic mass is 10.0. The first-order chi connectivity index (χ1) is 43.1. The Morgan fingerprint density at radius 1 is 0.278 bits per heavy atom. The molecule has 0 heterocycles. The molecule has 0 aliphatic carbocycles. The lowest BCUT2D eigenvalue weighted by molar-refractivity contribution is -0.161. The van der Waals surface area contributed by atoms with Crippen LogP contribution in [0.5, 0.6) is 0 Å². The summed E-state index contributed by atoms with van der Waals surface area (Å²) in [6.07, 6.45) is 43.2. The predicted molar refractivity (Wildman–Crippen MR) is 363 cm³/mol. The zero-order valence-corrected chi connectivity index (χ0v) is 60.6. The molecule has 0 fully saturated rings. The lowest BCUT2D eigenvalue weighted by Crippen LogP contribution is -2.30. The highest BCUT2D eigenvalue weighted by molar-refractivity contribution is 7.47. The number of ether oxygens (including phenoxy) is 4. The van der Waals surface area contributed by atoms with E-state index in [1.165, 1.54) is 148 Å². The molecular formula is C71H138O17P2. The first kappa shape index (κ1) is 88.1. The second kappa shape index (κ2) is 60.7. The number of aliphatic hydroxyl groups is 1. The van der Waals surface area contributed by atoms with Crippen LogP contribution in [0.3, 0.4) is 0 Å². The molecule has 19 heteroatoms. The minimum absolute atomic E-state index is 0.103. The van der Waals surface area contributed by atoms with Crippen LogP contribution in [0.25, 0.3) is 0 Å². The fraction of sp³-hybridized carbons (Fsp3) is 0.944. The number of aliphatic hydroxyl groups excluding tert-OH is 1. The number of unbranched alkanes of at least 4 members (excludes halogenated alkanes) is 34. The van der Waals surface area contributed by atoms with Gasteiger partial charge >= 0.3 is 39.5 Å². The Balaban J connectivity index is 5.22. The quantitative estimate of drug-likeness (QED) is 0.0222. The van der Waals surface area contributed by atoms with Crippen LogP contribution in [0.4, 0.5) is 0 Å². The molecule has 3 unspecified atom stereocenters. The van der Waals surface area contributed by atoms with Crippen molar-refractivity contribution in [3.63, 3.8) is 0 Å². The molecule has 0 spiro atoms. The van der Waals surface area contributed by atoms with Crippen molar-refractivity contribution in [2.45, 2.75) is 369 Å². The van der Waals surface area contributed by atoms with Crippen molar-refractivity contribution >= 4 is 39.5 Å². The van der Waals surface area contributed by atoms with Gasteiger partial charge in [-0.3, -0.25) is 37.3 Å². The molecule has 90 heavy (non-hydrogen) atoms. The Bertz CT molecular complexity index is 1780. The minimum Gasteiger partial charge on any atom is -0.462 e. The summed E-state index contributed by atoms with van der Waals surface area (Å²) >= 11 is 0. The van der Waals surface area contributed by atoms with Crippen molar-refractivity contribution < 1.29 is 80.2 Å². The van der Waals surface area contributed by atoms with E-state index in [2.05, 4.69) is 55.4 Å². The van der Waals surface area contributed by atoms with Gasteiger partial charge in [-0.2, -0.15) is 0 Å². The first-order valence-corrected chi connectivity index (χ1v) is 39.7. The van der Waals surface area contributed by atoms with E-state index in [0.717, 1.165) is 108 Å². The third kappa shape index (κ3) is 64.8. The molecule has 0 saturated carbocycles. The van der Waals surface area contributed by atoms with E-state index in [-0.39, 0.29) is 25.7 Å². The fourth-order valence-corrected chi connectivity index (χ4v) is 12.2. The molecule has 17 nitrogen and oxygen atoms in total. The molecule has 3 N–H and O–H groups in total. The molecule has 0 aromatic rings. The van der Waals surface area contributed by atoms with Gasteiger partial charge in [-0.05, 0) is 49.4 Å². The van der Waals surface area contributed by atoms with Crippen molar-refractivity contribution in [3.8, 4) is 0 Å². The number of phosphoric acid groups is 2. The van der Waals surface area contributed by atoms with Crippen LogP contribution in [0.15, 0.2) is 0 Å². The van der Waals surface area contributed by atoms with E-state index in [0.29, 0.717) is 37.5 Å². The van der Waals surface area contributed by atoms with E-state index in [1.54, 1.807) is 0 Å². The number of carbonyl (C=O) groups is 4. The van der Waals surface area contributed by atoms with Gasteiger partial charge in [-0.1, -0.05) is 299 Å². The van der Waals surface area contributed by atoms with Crippen LogP contribution in [-0.4, -0.2) is 96.7 Å². The SMILES string of the molecule is CC(C)CCCCCCCCCCCCCCCCC(=O)O[C@H](COC(=O)CCCCCCCCCC(C)C)COP(=O)(O)OCC(O)COP(=O)(O)OC[C@@H](COC(=O)CCCCCCCCCCCCC(C)C)OC(=O)CCCCCCCCCC(C)C. The first-order valence-electron chi connectivity index (χ1n) is 36.7. The monoisotopic (exact) mass is 1320 g/mol. The zero-order chi connectivity index (χ0) is 66.8. The molecule has 5 atom stereocenters. The standard InChI is InChI=1S/C71H138O17P2/c1-61(2)47-39-31-23-17-13-11-9-10-12-14-20-28-37-45-53-70(75)87-66(58-82-69(74)52-44-36-29-21-25-33-41-49-63(5)6)59-85-89(77,78)83-55-65(72)56-84-90(79,80)86-60-67(88-71(76)54-46-38-30-22-26-34-42-50-64(7)8)57-81-68(73)51-43-35-27-19-16-15-18-24-32-40-48-62(3)4/h61-67,72H,9-60H2,1-8H3,(H,77,78)(H,79,80)/t65?,66-,67-/m1/s1. The average Bonchev–Trinajstić information content (AvgIpc) is 2.94. The second-order valence-electron chi connectivity index (χ2n) is 27.5. The van der Waals surface area contributed by atoms with Gasteiger partial charge in [0, 0.05) is 25.7 Å². The fourth-order valence-electron chi connectivity index (χ4n) is 10.7. The number of esters is 4. The van der Waals surface area contributed by atoms with Crippen LogP contribution in [0.2, 0.25) is 0 Å². The molecule has 0 aliphatic rings. The van der Waals surface area contributed by atoms with Crippen molar-refractivity contribution in [1.29, 1.82) is 0 Å². The smallest absolute Gasteiger partial charge is 0.462 e. The molecular weight excluding hydrogens is 1190 g/mol. The maximum Gasteiger partial charge on any atom is 0.472 e. The van der Waals surface area contributed by atoms with Crippen LogP contribution in [-0.2, 0) is 65.4 Å². The van der Waals surface area contributed by atoms with Gasteiger partial charge in [0.15, 0.2) is 12.2 Å². The molecule has 0 aromatic heterocycles. The summed E-state index contributed by atoms with van der Waals surface area (Å²) in [7, 11) is -9.90. The highest BCUT2D eigenvalue weighted by atomic mass is 31.2. The molecule has 0 saturated heterocycles. The molecule has 0 rings (SSSR count). The summed E-state index contributed by atoms with van der Waals surface area (Å²) in [6, 6.07) is 0. The summed E-state index contributed by atoms with van der Waals surface area (Å²) in [5.74, 6) is 0.824. The van der Waals surface area contributed by atoms with Crippen molar-refractivity contribution in [1.82, 2.24) is 0 Å². The van der Waals surface area contributed by atoms with Crippen molar-refractivity contribution in [2.24, 2.45) is 23.7 Å². The summed E-state index contributed by atoms with van der Waals surface area (Å²) in [4.78, 5) is 72.5. The van der Waals surface area contributed by atoms with E-state index in [1.807, 2.05) is 0 Å². The third-order valence-corrected chi connectivity index (χ3v) is 18.2. The molecule has 0 aliphatic heterocycles. The van der Waals surface area contributed by atoms with Crippen molar-refractivity contribution in [3.05, 3.63) is 0 Å². The Hall–Kier alpha value is -1.94. The van der Waals surface area contributed by atoms with Gasteiger partial charge in [0.25, 0.3) is 0 Å². The largest absolute Gasteiger partial charge is 0.472 e. The number of carbonyl (C=O) groups excluding carboxylic acids is 4. The number of phosphoric ester groups is 2. The summed E-state index contributed by atoms with van der Waals surface area (Å²) in [5, 5.41) is 10.6. The van der Waals surface area contributed by atoms with E-state index in [4.69, 9.17) is 37.0 Å². The second-order valence-corrected chi connectivity index (χ2v) is 30.4. The normalized spacial score (nSPS) is 14.3. The van der Waals surface area contributed by atoms with Gasteiger partial charge < -0.3 is 33.8 Å². The van der Waals surface area contributed by atoms with E-state index >= 15 is 0 Å². The highest BCUT2D eigenvalue weighted by Crippen LogP contribution is 2.45. The molecule has 0 aromatic carbocycles. The van der Waals surface area contributed by atoms with Gasteiger partial charge in [0.2, 0.25) is 0 Å². The topological polar surface area (TPSA) is 237 Å². The Morgan fingerprint density at radius 2 is 0.467 bits per heavy atom. The van der Waals surface area contributed by atoms with Crippen LogP contribution in [0, 0.1) is 23.7 Å². The Labute approximate surface area is 549 Å². The summed E-state index contributed by atoms with van der Waals surface area (Å²) in [6.45, 7) is 14.1. The maximum atomic E-state index is 13.0. The Kier molecular flexibility index (Phi) is 59.4. The van der Waals surface area contributed by atoms with Gasteiger partial charge in [-0.15, -0.1) is 0 Å². The maximum absolute atomic E-state index is 13.0. The van der Waals surface area contributed by atoms with Crippen molar-refractivity contribution in [2.75, 3.05) is 39.6 Å². The minimum atomic E-state index is -4.95. The van der Waals surface area contributed by atoms with Crippen LogP contribution in [0.1, 0.15) is 351 Å². The van der Waals surface area contributed by atoms with E-state index < -0.39 is 97.5 Å². The molecule has 534 valence electrons. The number of hydrogen-bond acceptors (Lipinski definition) is 15. The Morgan fingerprint density at radius 3 is 0.689 bits per heavy atom. The van der Waals surface area contributed by atoms with Crippen LogP contribution >= 0.6 is 15.6 Å². The van der Waals surface area contributed by atoms with Gasteiger partial charge in [0.1, 0.15) is 19.3 Å². The number of hydrogen-bond donors (Lipinski definition) is 3. The molecule has 0 amide bonds. The molecule has 0 radical (unpaired) electrons. The predicted octanol–water partition coefficient (Wildman–Crippen LogP) is 20.1. The highest BCUT2D eigenvalue weighted by Gasteiger charge is 2.30. The average molecular weight is 1330 g/mol.